The highest BCUT2D eigenvalue weighted by molar-refractivity contribution is 5.81. The van der Waals surface area contributed by atoms with Gasteiger partial charge in [0.2, 0.25) is 5.91 Å². The summed E-state index contributed by atoms with van der Waals surface area (Å²) in [5, 5.41) is 0. The SMILES string of the molecule is COc1ccc(CC(=O)n2ccccc2=NC2CCCCC2)c(OC)c1. The summed E-state index contributed by atoms with van der Waals surface area (Å²) in [5.41, 5.74) is 1.56. The predicted octanol–water partition coefficient (Wildman–Crippen LogP) is 3.62. The van der Waals surface area contributed by atoms with E-state index in [-0.39, 0.29) is 12.3 Å². The second-order valence-corrected chi connectivity index (χ2v) is 6.60. The Morgan fingerprint density at radius 2 is 1.92 bits per heavy atom. The van der Waals surface area contributed by atoms with Crippen LogP contribution >= 0.6 is 0 Å². The van der Waals surface area contributed by atoms with Crippen molar-refractivity contribution >= 4 is 5.91 Å². The fourth-order valence-electron chi connectivity index (χ4n) is 3.39. The molecule has 0 aliphatic heterocycles. The smallest absolute Gasteiger partial charge is 0.236 e. The fraction of sp³-hybridized carbons (Fsp3) is 0.429. The van der Waals surface area contributed by atoms with Crippen molar-refractivity contribution in [2.24, 2.45) is 4.99 Å². The van der Waals surface area contributed by atoms with Crippen LogP contribution in [-0.4, -0.2) is 30.7 Å². The molecule has 0 atom stereocenters. The van der Waals surface area contributed by atoms with E-state index < -0.39 is 0 Å². The third-order valence-corrected chi connectivity index (χ3v) is 4.83. The minimum atomic E-state index is -0.0244. The molecule has 0 radical (unpaired) electrons. The van der Waals surface area contributed by atoms with Crippen molar-refractivity contribution in [2.75, 3.05) is 14.2 Å². The molecular weight excluding hydrogens is 328 g/mol. The van der Waals surface area contributed by atoms with Gasteiger partial charge in [-0.3, -0.25) is 14.4 Å². The molecule has 1 fully saturated rings. The summed E-state index contributed by atoms with van der Waals surface area (Å²) in [5.74, 6) is 1.34. The zero-order valence-corrected chi connectivity index (χ0v) is 15.5. The molecule has 26 heavy (non-hydrogen) atoms. The van der Waals surface area contributed by atoms with Gasteiger partial charge in [0.1, 0.15) is 17.0 Å². The molecule has 1 aromatic heterocycles. The molecule has 1 aliphatic carbocycles. The highest BCUT2D eigenvalue weighted by Crippen LogP contribution is 2.25. The topological polar surface area (TPSA) is 52.8 Å². The molecule has 2 aromatic rings. The maximum absolute atomic E-state index is 12.9. The van der Waals surface area contributed by atoms with Crippen LogP contribution in [0.3, 0.4) is 0 Å². The Kier molecular flexibility index (Phi) is 6.10. The van der Waals surface area contributed by atoms with Crippen LogP contribution in [0.15, 0.2) is 47.6 Å². The fourth-order valence-corrected chi connectivity index (χ4v) is 3.39. The summed E-state index contributed by atoms with van der Waals surface area (Å²) in [7, 11) is 3.21. The number of carbonyl (C=O) groups excluding carboxylic acids is 1. The maximum Gasteiger partial charge on any atom is 0.236 e. The van der Waals surface area contributed by atoms with E-state index in [0.717, 1.165) is 23.9 Å². The molecular formula is C21H26N2O3. The van der Waals surface area contributed by atoms with Crippen molar-refractivity contribution in [3.8, 4) is 11.5 Å². The normalized spacial score (nSPS) is 15.7. The molecule has 5 heteroatoms. The van der Waals surface area contributed by atoms with Crippen molar-refractivity contribution in [3.63, 3.8) is 0 Å². The quantitative estimate of drug-likeness (QED) is 0.824. The van der Waals surface area contributed by atoms with Crippen LogP contribution in [-0.2, 0) is 6.42 Å². The lowest BCUT2D eigenvalue weighted by Crippen LogP contribution is -2.29. The van der Waals surface area contributed by atoms with E-state index in [0.29, 0.717) is 17.5 Å². The Labute approximate surface area is 154 Å². The molecule has 0 amide bonds. The molecule has 1 saturated carbocycles. The lowest BCUT2D eigenvalue weighted by molar-refractivity contribution is 0.0907. The summed E-state index contributed by atoms with van der Waals surface area (Å²) in [6.07, 6.45) is 7.98. The van der Waals surface area contributed by atoms with Crippen LogP contribution in [0.25, 0.3) is 0 Å². The Morgan fingerprint density at radius 1 is 1.12 bits per heavy atom. The number of carbonyl (C=O) groups is 1. The number of hydrogen-bond acceptors (Lipinski definition) is 4. The molecule has 5 nitrogen and oxygen atoms in total. The van der Waals surface area contributed by atoms with Gasteiger partial charge in [0.25, 0.3) is 0 Å². The molecule has 1 aliphatic rings. The average molecular weight is 354 g/mol. The van der Waals surface area contributed by atoms with Crippen LogP contribution in [0, 0.1) is 0 Å². The number of pyridine rings is 1. The second kappa shape index (κ2) is 8.70. The molecule has 138 valence electrons. The van der Waals surface area contributed by atoms with Gasteiger partial charge in [0.15, 0.2) is 0 Å². The Hall–Kier alpha value is -2.56. The largest absolute Gasteiger partial charge is 0.497 e. The minimum absolute atomic E-state index is 0.0244. The van der Waals surface area contributed by atoms with Crippen LogP contribution in [0.5, 0.6) is 11.5 Å². The second-order valence-electron chi connectivity index (χ2n) is 6.60. The molecule has 0 N–H and O–H groups in total. The molecule has 1 heterocycles. The molecule has 0 unspecified atom stereocenters. The van der Waals surface area contributed by atoms with E-state index in [1.807, 2.05) is 30.3 Å². The van der Waals surface area contributed by atoms with Crippen molar-refractivity contribution < 1.29 is 14.3 Å². The Balaban J connectivity index is 1.86. The summed E-state index contributed by atoms with van der Waals surface area (Å²) in [6, 6.07) is 11.5. The van der Waals surface area contributed by atoms with Gasteiger partial charge in [-0.2, -0.15) is 0 Å². The van der Waals surface area contributed by atoms with Crippen molar-refractivity contribution in [1.82, 2.24) is 4.57 Å². The number of benzene rings is 1. The maximum atomic E-state index is 12.9. The van der Waals surface area contributed by atoms with E-state index in [9.17, 15) is 4.79 Å². The van der Waals surface area contributed by atoms with Crippen LogP contribution < -0.4 is 15.0 Å². The van der Waals surface area contributed by atoms with Gasteiger partial charge < -0.3 is 9.47 Å². The highest BCUT2D eigenvalue weighted by atomic mass is 16.5. The van der Waals surface area contributed by atoms with Gasteiger partial charge in [-0.1, -0.05) is 31.4 Å². The predicted molar refractivity (Wildman–Crippen MR) is 101 cm³/mol. The average Bonchev–Trinajstić information content (AvgIpc) is 2.69. The number of nitrogens with zero attached hydrogens (tertiary/aromatic N) is 2. The van der Waals surface area contributed by atoms with Crippen LogP contribution in [0.4, 0.5) is 0 Å². The first-order chi connectivity index (χ1) is 12.7. The summed E-state index contributed by atoms with van der Waals surface area (Å²) >= 11 is 0. The Morgan fingerprint density at radius 3 is 2.65 bits per heavy atom. The third-order valence-electron chi connectivity index (χ3n) is 4.83. The zero-order valence-electron chi connectivity index (χ0n) is 15.5. The molecule has 3 rings (SSSR count). The van der Waals surface area contributed by atoms with E-state index >= 15 is 0 Å². The zero-order chi connectivity index (χ0) is 18.4. The van der Waals surface area contributed by atoms with E-state index in [1.54, 1.807) is 31.0 Å². The molecule has 1 aromatic carbocycles. The van der Waals surface area contributed by atoms with Crippen molar-refractivity contribution in [3.05, 3.63) is 53.6 Å². The number of aromatic nitrogens is 1. The summed E-state index contributed by atoms with van der Waals surface area (Å²) < 4.78 is 12.3. The first-order valence-corrected chi connectivity index (χ1v) is 9.17. The molecule has 0 bridgehead atoms. The van der Waals surface area contributed by atoms with Gasteiger partial charge in [-0.15, -0.1) is 0 Å². The van der Waals surface area contributed by atoms with E-state index in [2.05, 4.69) is 0 Å². The standard InChI is InChI=1S/C21H26N2O3/c1-25-18-12-11-16(19(15-18)26-2)14-21(24)23-13-7-6-10-20(23)22-17-8-4-3-5-9-17/h6-7,10-13,15,17H,3-5,8-9,14H2,1-2H3. The Bertz CT molecular complexity index is 820. The summed E-state index contributed by atoms with van der Waals surface area (Å²) in [4.78, 5) is 17.8. The molecule has 0 saturated heterocycles. The van der Waals surface area contributed by atoms with E-state index in [4.69, 9.17) is 14.5 Å². The third kappa shape index (κ3) is 4.34. The number of ether oxygens (including phenoxy) is 2. The lowest BCUT2D eigenvalue weighted by atomic mass is 9.96. The van der Waals surface area contributed by atoms with Gasteiger partial charge in [-0.25, -0.2) is 0 Å². The van der Waals surface area contributed by atoms with Crippen molar-refractivity contribution in [2.45, 2.75) is 44.6 Å². The van der Waals surface area contributed by atoms with Gasteiger partial charge in [-0.05, 0) is 31.0 Å². The van der Waals surface area contributed by atoms with Crippen molar-refractivity contribution in [1.29, 1.82) is 0 Å². The van der Waals surface area contributed by atoms with Gasteiger partial charge >= 0.3 is 0 Å². The number of hydrogen-bond donors (Lipinski definition) is 0. The van der Waals surface area contributed by atoms with Gasteiger partial charge in [0, 0.05) is 17.8 Å². The lowest BCUT2D eigenvalue weighted by Gasteiger charge is -2.18. The number of methoxy groups -OCH3 is 2. The monoisotopic (exact) mass is 354 g/mol. The summed E-state index contributed by atoms with van der Waals surface area (Å²) in [6.45, 7) is 0. The van der Waals surface area contributed by atoms with E-state index in [1.165, 1.54) is 19.3 Å². The van der Waals surface area contributed by atoms with Crippen LogP contribution in [0.1, 0.15) is 42.5 Å². The minimum Gasteiger partial charge on any atom is -0.497 e. The molecule has 0 spiro atoms. The highest BCUT2D eigenvalue weighted by Gasteiger charge is 2.14. The first kappa shape index (κ1) is 18.2. The van der Waals surface area contributed by atoms with Gasteiger partial charge in [0.05, 0.1) is 26.7 Å². The van der Waals surface area contributed by atoms with Crippen LogP contribution in [0.2, 0.25) is 0 Å². The number of rotatable bonds is 5. The first-order valence-electron chi connectivity index (χ1n) is 9.17.